The van der Waals surface area contributed by atoms with E-state index in [2.05, 4.69) is 6.58 Å². The number of phenols is 6. The Labute approximate surface area is 283 Å². The highest BCUT2D eigenvalue weighted by Gasteiger charge is 2.46. The van der Waals surface area contributed by atoms with Gasteiger partial charge in [-0.25, -0.2) is 0 Å². The SMILES string of the molecule is C=C(C)C(CCC(C)(C)O)Cc1c2c(c(O)c3c1OC(c1ccc(O)cc1)C3c1cc(O)cc(O)c1)C(=O)CC(c1ccc(O)cc1O)O2. The lowest BCUT2D eigenvalue weighted by Gasteiger charge is -2.31. The second-order valence-corrected chi connectivity index (χ2v) is 13.7. The Hall–Kier alpha value is -5.35. The number of phenolic OH excluding ortho intramolecular Hbond substituents is 6. The normalized spacial score (nSPS) is 19.0. The minimum atomic E-state index is -0.957. The molecule has 10 heteroatoms. The van der Waals surface area contributed by atoms with Gasteiger partial charge in [0.25, 0.3) is 0 Å². The summed E-state index contributed by atoms with van der Waals surface area (Å²) in [7, 11) is 0. The number of benzene rings is 4. The molecular weight excluding hydrogens is 628 g/mol. The predicted molar refractivity (Wildman–Crippen MR) is 181 cm³/mol. The predicted octanol–water partition coefficient (Wildman–Crippen LogP) is 7.18. The van der Waals surface area contributed by atoms with E-state index < -0.39 is 29.5 Å². The van der Waals surface area contributed by atoms with Crippen LogP contribution in [0.25, 0.3) is 0 Å². The molecule has 2 aliphatic heterocycles. The summed E-state index contributed by atoms with van der Waals surface area (Å²) in [5.74, 6) is -2.34. The van der Waals surface area contributed by atoms with E-state index in [1.165, 1.54) is 42.5 Å². The Kier molecular flexibility index (Phi) is 8.62. The number of fused-ring (bicyclic) bond motifs is 2. The van der Waals surface area contributed by atoms with Crippen molar-refractivity contribution in [3.8, 4) is 46.0 Å². The van der Waals surface area contributed by atoms with Crippen molar-refractivity contribution in [3.63, 3.8) is 0 Å². The van der Waals surface area contributed by atoms with Gasteiger partial charge in [-0.05, 0) is 93.5 Å². The molecule has 4 atom stereocenters. The van der Waals surface area contributed by atoms with Gasteiger partial charge in [-0.2, -0.15) is 0 Å². The van der Waals surface area contributed by atoms with Gasteiger partial charge in [0.2, 0.25) is 0 Å². The topological polar surface area (TPSA) is 177 Å². The molecule has 256 valence electrons. The molecule has 0 radical (unpaired) electrons. The number of ether oxygens (including phenoxy) is 2. The molecule has 0 bridgehead atoms. The molecule has 4 aromatic rings. The van der Waals surface area contributed by atoms with Crippen molar-refractivity contribution in [2.24, 2.45) is 5.92 Å². The minimum absolute atomic E-state index is 0.0310. The number of hydrogen-bond donors (Lipinski definition) is 7. The summed E-state index contributed by atoms with van der Waals surface area (Å²) in [6, 6.07) is 14.5. The van der Waals surface area contributed by atoms with E-state index in [0.29, 0.717) is 29.5 Å². The van der Waals surface area contributed by atoms with Crippen LogP contribution in [0.15, 0.2) is 72.8 Å². The summed E-state index contributed by atoms with van der Waals surface area (Å²) in [5, 5.41) is 74.2. The molecule has 6 rings (SSSR count). The van der Waals surface area contributed by atoms with E-state index in [9.17, 15) is 40.5 Å². The first-order chi connectivity index (χ1) is 23.1. The third-order valence-electron chi connectivity index (χ3n) is 9.40. The van der Waals surface area contributed by atoms with Crippen LogP contribution in [0.5, 0.6) is 46.0 Å². The summed E-state index contributed by atoms with van der Waals surface area (Å²) >= 11 is 0. The van der Waals surface area contributed by atoms with E-state index in [1.807, 2.05) is 6.92 Å². The average molecular weight is 669 g/mol. The molecule has 0 saturated carbocycles. The molecule has 49 heavy (non-hydrogen) atoms. The Morgan fingerprint density at radius 1 is 0.857 bits per heavy atom. The first-order valence-electron chi connectivity index (χ1n) is 16.1. The maximum atomic E-state index is 14.1. The van der Waals surface area contributed by atoms with Crippen LogP contribution in [0.3, 0.4) is 0 Å². The van der Waals surface area contributed by atoms with E-state index in [-0.39, 0.29) is 81.4 Å². The lowest BCUT2D eigenvalue weighted by molar-refractivity contribution is 0.0650. The Balaban J connectivity index is 1.59. The number of carbonyl (C=O) groups excluding carboxylic acids is 1. The van der Waals surface area contributed by atoms with Crippen molar-refractivity contribution in [1.82, 2.24) is 0 Å². The highest BCUT2D eigenvalue weighted by molar-refractivity contribution is 6.04. The van der Waals surface area contributed by atoms with Crippen LogP contribution in [0.2, 0.25) is 0 Å². The van der Waals surface area contributed by atoms with E-state index >= 15 is 0 Å². The van der Waals surface area contributed by atoms with Gasteiger partial charge in [0.1, 0.15) is 63.8 Å². The summed E-state index contributed by atoms with van der Waals surface area (Å²) in [6.07, 6.45) is -0.789. The third-order valence-corrected chi connectivity index (χ3v) is 9.40. The lowest BCUT2D eigenvalue weighted by atomic mass is 9.79. The van der Waals surface area contributed by atoms with Gasteiger partial charge >= 0.3 is 0 Å². The standard InChI is InChI=1S/C39H40O10/c1-19(2)21(11-12-39(3,4)47)15-28-37-33(30(45)18-31(48-37)27-10-9-24(41)17-29(27)44)35(46)34-32(22-13-25(42)16-26(43)14-22)36(49-38(28)34)20-5-7-23(40)8-6-20/h5-10,13-14,16-17,21,31-32,36,40-44,46-47H,1,11-12,15,18H2,2-4H3. The highest BCUT2D eigenvalue weighted by atomic mass is 16.5. The van der Waals surface area contributed by atoms with Crippen molar-refractivity contribution in [1.29, 1.82) is 0 Å². The Morgan fingerprint density at radius 3 is 2.12 bits per heavy atom. The van der Waals surface area contributed by atoms with Gasteiger partial charge in [-0.1, -0.05) is 24.3 Å². The second-order valence-electron chi connectivity index (χ2n) is 13.7. The molecule has 0 fully saturated rings. The van der Waals surface area contributed by atoms with Crippen LogP contribution < -0.4 is 9.47 Å². The highest BCUT2D eigenvalue weighted by Crippen LogP contribution is 2.60. The zero-order valence-electron chi connectivity index (χ0n) is 27.5. The van der Waals surface area contributed by atoms with E-state index in [1.54, 1.807) is 26.0 Å². The van der Waals surface area contributed by atoms with Crippen LogP contribution in [-0.2, 0) is 6.42 Å². The van der Waals surface area contributed by atoms with E-state index in [0.717, 1.165) is 11.6 Å². The number of hydrogen-bond acceptors (Lipinski definition) is 10. The molecule has 4 aromatic carbocycles. The summed E-state index contributed by atoms with van der Waals surface area (Å²) < 4.78 is 13.3. The molecule has 0 aromatic heterocycles. The van der Waals surface area contributed by atoms with Gasteiger partial charge in [-0.3, -0.25) is 4.79 Å². The lowest BCUT2D eigenvalue weighted by Crippen LogP contribution is -2.24. The van der Waals surface area contributed by atoms with E-state index in [4.69, 9.17) is 9.47 Å². The number of allylic oxidation sites excluding steroid dienone is 1. The van der Waals surface area contributed by atoms with Crippen LogP contribution >= 0.6 is 0 Å². The minimum Gasteiger partial charge on any atom is -0.508 e. The number of aliphatic hydroxyl groups is 1. The molecule has 0 amide bonds. The van der Waals surface area contributed by atoms with Gasteiger partial charge in [0.05, 0.1) is 17.9 Å². The van der Waals surface area contributed by atoms with Gasteiger partial charge in [0.15, 0.2) is 5.78 Å². The fraction of sp³-hybridized carbons (Fsp3) is 0.308. The molecule has 0 spiro atoms. The summed E-state index contributed by atoms with van der Waals surface area (Å²) in [4.78, 5) is 14.1. The van der Waals surface area contributed by atoms with Crippen molar-refractivity contribution in [3.05, 3.63) is 106 Å². The molecule has 0 saturated heterocycles. The van der Waals surface area contributed by atoms with Crippen LogP contribution in [-0.4, -0.2) is 47.1 Å². The number of rotatable bonds is 9. The van der Waals surface area contributed by atoms with Crippen molar-refractivity contribution in [2.45, 2.75) is 70.2 Å². The van der Waals surface area contributed by atoms with Crippen molar-refractivity contribution in [2.75, 3.05) is 0 Å². The monoisotopic (exact) mass is 668 g/mol. The fourth-order valence-electron chi connectivity index (χ4n) is 6.90. The maximum absolute atomic E-state index is 14.1. The Bertz CT molecular complexity index is 1920. The van der Waals surface area contributed by atoms with Crippen molar-refractivity contribution < 1.29 is 50.0 Å². The van der Waals surface area contributed by atoms with Crippen LogP contribution in [0.4, 0.5) is 0 Å². The quantitative estimate of drug-likeness (QED) is 0.0904. The smallest absolute Gasteiger partial charge is 0.174 e. The molecular formula is C39H40O10. The molecule has 10 nitrogen and oxygen atoms in total. The maximum Gasteiger partial charge on any atom is 0.174 e. The molecule has 0 aliphatic carbocycles. The first-order valence-corrected chi connectivity index (χ1v) is 16.1. The van der Waals surface area contributed by atoms with Gasteiger partial charge in [-0.15, -0.1) is 0 Å². The van der Waals surface area contributed by atoms with Gasteiger partial charge < -0.3 is 45.2 Å². The molecule has 2 aliphatic rings. The summed E-state index contributed by atoms with van der Waals surface area (Å²) in [5.41, 5.74) is 1.83. The second kappa shape index (κ2) is 12.6. The summed E-state index contributed by atoms with van der Waals surface area (Å²) in [6.45, 7) is 9.53. The van der Waals surface area contributed by atoms with Crippen molar-refractivity contribution >= 4 is 5.78 Å². The van der Waals surface area contributed by atoms with Crippen LogP contribution in [0.1, 0.15) is 96.3 Å². The number of carbonyl (C=O) groups is 1. The molecule has 4 unspecified atom stereocenters. The Morgan fingerprint density at radius 2 is 1.51 bits per heavy atom. The van der Waals surface area contributed by atoms with Crippen LogP contribution in [0, 0.1) is 5.92 Å². The third kappa shape index (κ3) is 6.56. The number of aromatic hydroxyl groups is 6. The zero-order valence-corrected chi connectivity index (χ0v) is 27.5. The number of ketones is 1. The largest absolute Gasteiger partial charge is 0.508 e. The molecule has 7 N–H and O–H groups in total. The molecule has 2 heterocycles. The fourth-order valence-corrected chi connectivity index (χ4v) is 6.90. The average Bonchev–Trinajstić information content (AvgIpc) is 3.40. The van der Waals surface area contributed by atoms with Gasteiger partial charge in [0, 0.05) is 28.8 Å². The zero-order chi connectivity index (χ0) is 35.4. The number of Topliss-reactive ketones (excluding diaryl/α,β-unsaturated/α-hetero) is 1. The first kappa shape index (κ1) is 33.5.